The summed E-state index contributed by atoms with van der Waals surface area (Å²) in [6, 6.07) is 0. The van der Waals surface area contributed by atoms with Crippen molar-refractivity contribution in [1.82, 2.24) is 4.90 Å². The van der Waals surface area contributed by atoms with Gasteiger partial charge >= 0.3 is 0 Å². The van der Waals surface area contributed by atoms with E-state index in [1.54, 1.807) is 0 Å². The van der Waals surface area contributed by atoms with Crippen molar-refractivity contribution in [3.8, 4) is 0 Å². The first-order valence-electron chi connectivity index (χ1n) is 6.37. The molecule has 0 fully saturated rings. The van der Waals surface area contributed by atoms with Crippen LogP contribution in [0.15, 0.2) is 4.99 Å². The highest BCUT2D eigenvalue weighted by Crippen LogP contribution is 2.04. The predicted octanol–water partition coefficient (Wildman–Crippen LogP) is 2.57. The van der Waals surface area contributed by atoms with Crippen molar-refractivity contribution in [1.29, 1.82) is 0 Å². The SMILES string of the molecule is CC(C)CN=C(N)N(CC(C)C)CC(C)C. The third kappa shape index (κ3) is 7.55. The largest absolute Gasteiger partial charge is 0.370 e. The van der Waals surface area contributed by atoms with Crippen LogP contribution >= 0.6 is 0 Å². The molecule has 0 aromatic heterocycles. The summed E-state index contributed by atoms with van der Waals surface area (Å²) < 4.78 is 0. The Bertz CT molecular complexity index is 197. The monoisotopic (exact) mass is 227 g/mol. The number of rotatable bonds is 6. The Morgan fingerprint density at radius 1 is 0.938 bits per heavy atom. The van der Waals surface area contributed by atoms with E-state index in [0.717, 1.165) is 19.6 Å². The number of hydrogen-bond donors (Lipinski definition) is 1. The predicted molar refractivity (Wildman–Crippen MR) is 72.6 cm³/mol. The lowest BCUT2D eigenvalue weighted by Gasteiger charge is -2.27. The zero-order valence-electron chi connectivity index (χ0n) is 11.8. The molecule has 2 N–H and O–H groups in total. The molecule has 3 heteroatoms. The number of guanidine groups is 1. The molecule has 0 spiro atoms. The second-order valence-corrected chi connectivity index (χ2v) is 5.79. The molecule has 0 bridgehead atoms. The lowest BCUT2D eigenvalue weighted by Crippen LogP contribution is -2.42. The molecule has 0 aliphatic heterocycles. The molecule has 16 heavy (non-hydrogen) atoms. The summed E-state index contributed by atoms with van der Waals surface area (Å²) in [6.07, 6.45) is 0. The fourth-order valence-electron chi connectivity index (χ4n) is 1.52. The summed E-state index contributed by atoms with van der Waals surface area (Å²) in [5, 5.41) is 0. The molecule has 0 amide bonds. The van der Waals surface area contributed by atoms with Gasteiger partial charge in [0.15, 0.2) is 5.96 Å². The molecule has 0 aromatic carbocycles. The average Bonchev–Trinajstić information content (AvgIpc) is 2.11. The second kappa shape index (κ2) is 7.53. The van der Waals surface area contributed by atoms with Gasteiger partial charge in [-0.25, -0.2) is 0 Å². The van der Waals surface area contributed by atoms with Crippen molar-refractivity contribution >= 4 is 5.96 Å². The highest BCUT2D eigenvalue weighted by atomic mass is 15.2. The zero-order valence-corrected chi connectivity index (χ0v) is 11.8. The van der Waals surface area contributed by atoms with Crippen LogP contribution in [0.5, 0.6) is 0 Å². The Kier molecular flexibility index (Phi) is 7.18. The van der Waals surface area contributed by atoms with E-state index in [4.69, 9.17) is 5.73 Å². The van der Waals surface area contributed by atoms with Crippen LogP contribution in [0, 0.1) is 17.8 Å². The molecular formula is C13H29N3. The maximum atomic E-state index is 6.04. The van der Waals surface area contributed by atoms with Crippen molar-refractivity contribution in [3.05, 3.63) is 0 Å². The van der Waals surface area contributed by atoms with Gasteiger partial charge in [0.05, 0.1) is 0 Å². The standard InChI is InChI=1S/C13H29N3/c1-10(2)7-15-13(14)16(8-11(3)4)9-12(5)6/h10-12H,7-9H2,1-6H3,(H2,14,15). The van der Waals surface area contributed by atoms with Gasteiger partial charge in [-0.2, -0.15) is 0 Å². The van der Waals surface area contributed by atoms with E-state index in [1.807, 2.05) is 0 Å². The van der Waals surface area contributed by atoms with E-state index in [1.165, 1.54) is 0 Å². The van der Waals surface area contributed by atoms with Gasteiger partial charge in [-0.15, -0.1) is 0 Å². The number of aliphatic imine (C=N–C) groups is 1. The van der Waals surface area contributed by atoms with Gasteiger partial charge in [0.1, 0.15) is 0 Å². The maximum absolute atomic E-state index is 6.04. The van der Waals surface area contributed by atoms with E-state index in [2.05, 4.69) is 51.4 Å². The Balaban J connectivity index is 4.41. The third-order valence-corrected chi connectivity index (χ3v) is 2.11. The maximum Gasteiger partial charge on any atom is 0.191 e. The minimum Gasteiger partial charge on any atom is -0.370 e. The fourth-order valence-corrected chi connectivity index (χ4v) is 1.52. The van der Waals surface area contributed by atoms with E-state index in [9.17, 15) is 0 Å². The minimum absolute atomic E-state index is 0.568. The number of nitrogens with two attached hydrogens (primary N) is 1. The van der Waals surface area contributed by atoms with Crippen LogP contribution in [0.25, 0.3) is 0 Å². The highest BCUT2D eigenvalue weighted by Gasteiger charge is 2.11. The van der Waals surface area contributed by atoms with Crippen LogP contribution in [0.1, 0.15) is 41.5 Å². The molecule has 0 aliphatic carbocycles. The van der Waals surface area contributed by atoms with Crippen molar-refractivity contribution in [2.45, 2.75) is 41.5 Å². The second-order valence-electron chi connectivity index (χ2n) is 5.79. The molecule has 0 saturated heterocycles. The van der Waals surface area contributed by atoms with Crippen LogP contribution in [-0.2, 0) is 0 Å². The van der Waals surface area contributed by atoms with Gasteiger partial charge < -0.3 is 10.6 Å². The minimum atomic E-state index is 0.568. The molecule has 0 rings (SSSR count). The summed E-state index contributed by atoms with van der Waals surface area (Å²) in [7, 11) is 0. The highest BCUT2D eigenvalue weighted by molar-refractivity contribution is 5.78. The van der Waals surface area contributed by atoms with Crippen molar-refractivity contribution in [2.24, 2.45) is 28.5 Å². The molecule has 3 nitrogen and oxygen atoms in total. The first-order valence-corrected chi connectivity index (χ1v) is 6.37. The molecule has 0 saturated carbocycles. The quantitative estimate of drug-likeness (QED) is 0.560. The molecule has 0 atom stereocenters. The Morgan fingerprint density at radius 3 is 1.69 bits per heavy atom. The lowest BCUT2D eigenvalue weighted by atomic mass is 10.1. The van der Waals surface area contributed by atoms with Gasteiger partial charge in [0.25, 0.3) is 0 Å². The van der Waals surface area contributed by atoms with Crippen molar-refractivity contribution in [2.75, 3.05) is 19.6 Å². The average molecular weight is 227 g/mol. The van der Waals surface area contributed by atoms with Crippen molar-refractivity contribution < 1.29 is 0 Å². The molecular weight excluding hydrogens is 198 g/mol. The Morgan fingerprint density at radius 2 is 1.38 bits per heavy atom. The Hall–Kier alpha value is -0.730. The van der Waals surface area contributed by atoms with Crippen LogP contribution in [-0.4, -0.2) is 30.5 Å². The fraction of sp³-hybridized carbons (Fsp3) is 0.923. The molecule has 0 aliphatic rings. The summed E-state index contributed by atoms with van der Waals surface area (Å²) in [5.74, 6) is 2.51. The number of nitrogens with zero attached hydrogens (tertiary/aromatic N) is 2. The zero-order chi connectivity index (χ0) is 12.7. The van der Waals surface area contributed by atoms with E-state index < -0.39 is 0 Å². The van der Waals surface area contributed by atoms with Crippen molar-refractivity contribution in [3.63, 3.8) is 0 Å². The lowest BCUT2D eigenvalue weighted by molar-refractivity contribution is 0.323. The van der Waals surface area contributed by atoms with E-state index in [0.29, 0.717) is 23.7 Å². The van der Waals surface area contributed by atoms with Gasteiger partial charge in [0, 0.05) is 19.6 Å². The van der Waals surface area contributed by atoms with Gasteiger partial charge in [0.2, 0.25) is 0 Å². The first-order chi connectivity index (χ1) is 7.32. The van der Waals surface area contributed by atoms with Gasteiger partial charge in [-0.3, -0.25) is 4.99 Å². The van der Waals surface area contributed by atoms with E-state index in [-0.39, 0.29) is 0 Å². The topological polar surface area (TPSA) is 41.6 Å². The smallest absolute Gasteiger partial charge is 0.191 e. The number of hydrogen-bond acceptors (Lipinski definition) is 1. The molecule has 0 heterocycles. The van der Waals surface area contributed by atoms with Crippen LogP contribution in [0.2, 0.25) is 0 Å². The summed E-state index contributed by atoms with van der Waals surface area (Å²) in [5.41, 5.74) is 6.04. The summed E-state index contributed by atoms with van der Waals surface area (Å²) >= 11 is 0. The van der Waals surface area contributed by atoms with Crippen LogP contribution in [0.3, 0.4) is 0 Å². The summed E-state index contributed by atoms with van der Waals surface area (Å²) in [4.78, 5) is 6.66. The van der Waals surface area contributed by atoms with Gasteiger partial charge in [-0.1, -0.05) is 41.5 Å². The van der Waals surface area contributed by atoms with Crippen LogP contribution in [0.4, 0.5) is 0 Å². The molecule has 96 valence electrons. The van der Waals surface area contributed by atoms with Crippen LogP contribution < -0.4 is 5.73 Å². The Labute approximate surface area is 101 Å². The first kappa shape index (κ1) is 15.3. The molecule has 0 radical (unpaired) electrons. The van der Waals surface area contributed by atoms with E-state index >= 15 is 0 Å². The molecule has 0 unspecified atom stereocenters. The summed E-state index contributed by atoms with van der Waals surface area (Å²) in [6.45, 7) is 16.0. The third-order valence-electron chi connectivity index (χ3n) is 2.11. The van der Waals surface area contributed by atoms with Gasteiger partial charge in [-0.05, 0) is 17.8 Å². The molecule has 0 aromatic rings. The normalized spacial score (nSPS) is 12.9.